The number of halogens is 1. The van der Waals surface area contributed by atoms with Crippen LogP contribution in [-0.2, 0) is 4.79 Å². The number of piperazine rings is 1. The molecular formula is C28H25FN2O5. The maximum atomic E-state index is 13.4. The molecule has 1 aliphatic rings. The standard InChI is InChI=1S/C28H25FN2O5/c1-18(14-27(32)30-9-11-31(12-10-30)28(33)24-4-3-13-35-24)21-15-22-23(19-5-7-20(29)8-6-19)17-36-26(22)16-25(21)34-2/h3-8,13-17H,9-12H2,1-2H3/b18-14+. The zero-order valence-corrected chi connectivity index (χ0v) is 20.0. The van der Waals surface area contributed by atoms with Gasteiger partial charge in [-0.1, -0.05) is 12.1 Å². The van der Waals surface area contributed by atoms with Crippen LogP contribution in [0, 0.1) is 5.82 Å². The van der Waals surface area contributed by atoms with Gasteiger partial charge in [0.1, 0.15) is 17.1 Å². The molecule has 3 heterocycles. The molecule has 8 heteroatoms. The van der Waals surface area contributed by atoms with Crippen LogP contribution in [0.3, 0.4) is 0 Å². The van der Waals surface area contributed by atoms with Crippen molar-refractivity contribution in [1.82, 2.24) is 9.80 Å². The minimum absolute atomic E-state index is 0.134. The van der Waals surface area contributed by atoms with Crippen LogP contribution in [0.15, 0.2) is 76.0 Å². The number of allylic oxidation sites excluding steroid dienone is 1. The third-order valence-corrected chi connectivity index (χ3v) is 6.43. The van der Waals surface area contributed by atoms with Gasteiger partial charge in [-0.15, -0.1) is 0 Å². The lowest BCUT2D eigenvalue weighted by Crippen LogP contribution is -2.50. The smallest absolute Gasteiger partial charge is 0.289 e. The molecule has 1 aliphatic heterocycles. The molecule has 2 aromatic carbocycles. The molecule has 0 N–H and O–H groups in total. The molecule has 1 saturated heterocycles. The van der Waals surface area contributed by atoms with E-state index in [4.69, 9.17) is 13.6 Å². The van der Waals surface area contributed by atoms with E-state index in [0.29, 0.717) is 43.3 Å². The van der Waals surface area contributed by atoms with Crippen molar-refractivity contribution in [3.8, 4) is 16.9 Å². The summed E-state index contributed by atoms with van der Waals surface area (Å²) in [5.41, 5.74) is 3.77. The second-order valence-corrected chi connectivity index (χ2v) is 8.63. The number of amides is 2. The topological polar surface area (TPSA) is 76.1 Å². The molecule has 0 aliphatic carbocycles. The molecule has 1 fully saturated rings. The Morgan fingerprint density at radius 3 is 2.39 bits per heavy atom. The number of furan rings is 2. The van der Waals surface area contributed by atoms with Gasteiger partial charge in [0.2, 0.25) is 5.91 Å². The van der Waals surface area contributed by atoms with E-state index in [1.807, 2.05) is 13.0 Å². The molecule has 0 bridgehead atoms. The van der Waals surface area contributed by atoms with E-state index in [1.165, 1.54) is 18.4 Å². The predicted octanol–water partition coefficient (Wildman–Crippen LogP) is 5.23. The first-order valence-corrected chi connectivity index (χ1v) is 11.6. The van der Waals surface area contributed by atoms with Gasteiger partial charge in [-0.3, -0.25) is 9.59 Å². The first-order chi connectivity index (χ1) is 17.4. The summed E-state index contributed by atoms with van der Waals surface area (Å²) in [6.07, 6.45) is 4.69. The molecule has 184 valence electrons. The molecule has 0 spiro atoms. The maximum Gasteiger partial charge on any atom is 0.289 e. The first kappa shape index (κ1) is 23.4. The van der Waals surface area contributed by atoms with Crippen molar-refractivity contribution in [2.45, 2.75) is 6.92 Å². The van der Waals surface area contributed by atoms with Crippen molar-refractivity contribution in [2.24, 2.45) is 0 Å². The number of methoxy groups -OCH3 is 1. The Hall–Kier alpha value is -4.33. The second-order valence-electron chi connectivity index (χ2n) is 8.63. The molecule has 5 rings (SSSR count). The fraction of sp³-hybridized carbons (Fsp3) is 0.214. The van der Waals surface area contributed by atoms with E-state index in [-0.39, 0.29) is 17.6 Å². The molecule has 7 nitrogen and oxygen atoms in total. The number of benzene rings is 2. The van der Waals surface area contributed by atoms with Gasteiger partial charge in [0, 0.05) is 54.8 Å². The maximum absolute atomic E-state index is 13.4. The average Bonchev–Trinajstić information content (AvgIpc) is 3.58. The average molecular weight is 489 g/mol. The molecule has 0 atom stereocenters. The lowest BCUT2D eigenvalue weighted by atomic mass is 9.99. The normalized spacial score (nSPS) is 14.4. The van der Waals surface area contributed by atoms with E-state index in [2.05, 4.69) is 0 Å². The highest BCUT2D eigenvalue weighted by molar-refractivity contribution is 6.00. The van der Waals surface area contributed by atoms with Gasteiger partial charge in [-0.2, -0.15) is 0 Å². The van der Waals surface area contributed by atoms with E-state index >= 15 is 0 Å². The van der Waals surface area contributed by atoms with Gasteiger partial charge < -0.3 is 23.4 Å². The van der Waals surface area contributed by atoms with Crippen molar-refractivity contribution >= 4 is 28.4 Å². The molecule has 4 aromatic rings. The van der Waals surface area contributed by atoms with Gasteiger partial charge in [0.05, 0.1) is 19.6 Å². The molecule has 0 unspecified atom stereocenters. The first-order valence-electron chi connectivity index (χ1n) is 11.6. The highest BCUT2D eigenvalue weighted by Crippen LogP contribution is 2.37. The summed E-state index contributed by atoms with van der Waals surface area (Å²) in [6.45, 7) is 3.59. The molecule has 0 saturated carbocycles. The fourth-order valence-electron chi connectivity index (χ4n) is 4.43. The lowest BCUT2D eigenvalue weighted by molar-refractivity contribution is -0.127. The van der Waals surface area contributed by atoms with E-state index in [0.717, 1.165) is 27.6 Å². The summed E-state index contributed by atoms with van der Waals surface area (Å²) in [4.78, 5) is 28.9. The zero-order valence-electron chi connectivity index (χ0n) is 20.0. The van der Waals surface area contributed by atoms with Crippen LogP contribution in [-0.4, -0.2) is 54.9 Å². The van der Waals surface area contributed by atoms with Crippen molar-refractivity contribution < 1.29 is 27.6 Å². The highest BCUT2D eigenvalue weighted by Gasteiger charge is 2.25. The van der Waals surface area contributed by atoms with Gasteiger partial charge >= 0.3 is 0 Å². The molecule has 36 heavy (non-hydrogen) atoms. The van der Waals surface area contributed by atoms with Gasteiger partial charge in [0.15, 0.2) is 5.76 Å². The Labute approximate surface area is 207 Å². The monoisotopic (exact) mass is 488 g/mol. The van der Waals surface area contributed by atoms with Crippen LogP contribution in [0.5, 0.6) is 5.75 Å². The summed E-state index contributed by atoms with van der Waals surface area (Å²) in [7, 11) is 1.57. The number of rotatable bonds is 5. The summed E-state index contributed by atoms with van der Waals surface area (Å²) >= 11 is 0. The Bertz CT molecular complexity index is 1430. The summed E-state index contributed by atoms with van der Waals surface area (Å²) < 4.78 is 29.9. The van der Waals surface area contributed by atoms with Gasteiger partial charge in [-0.05, 0) is 48.4 Å². The van der Waals surface area contributed by atoms with Crippen molar-refractivity contribution in [3.05, 3.63) is 84.3 Å². The van der Waals surface area contributed by atoms with Crippen LogP contribution in [0.4, 0.5) is 4.39 Å². The molecule has 2 amide bonds. The van der Waals surface area contributed by atoms with Crippen molar-refractivity contribution in [2.75, 3.05) is 33.3 Å². The lowest BCUT2D eigenvalue weighted by Gasteiger charge is -2.33. The summed E-state index contributed by atoms with van der Waals surface area (Å²) in [5, 5.41) is 0.836. The number of hydrogen-bond acceptors (Lipinski definition) is 5. The minimum Gasteiger partial charge on any atom is -0.496 e. The Morgan fingerprint density at radius 2 is 1.72 bits per heavy atom. The zero-order chi connectivity index (χ0) is 25.2. The van der Waals surface area contributed by atoms with E-state index < -0.39 is 0 Å². The quantitative estimate of drug-likeness (QED) is 0.360. The van der Waals surface area contributed by atoms with Crippen LogP contribution >= 0.6 is 0 Å². The number of nitrogens with zero attached hydrogens (tertiary/aromatic N) is 2. The largest absolute Gasteiger partial charge is 0.496 e. The molecular weight excluding hydrogens is 463 g/mol. The Morgan fingerprint density at radius 1 is 1.00 bits per heavy atom. The molecule has 0 radical (unpaired) electrons. The van der Waals surface area contributed by atoms with Gasteiger partial charge in [-0.25, -0.2) is 4.39 Å². The number of carbonyl (C=O) groups is 2. The SMILES string of the molecule is COc1cc2occ(-c3ccc(F)cc3)c2cc1/C(C)=C/C(=O)N1CCN(C(=O)c2ccco2)CC1. The third-order valence-electron chi connectivity index (χ3n) is 6.43. The van der Waals surface area contributed by atoms with Crippen LogP contribution < -0.4 is 4.74 Å². The van der Waals surface area contributed by atoms with Crippen LogP contribution in [0.1, 0.15) is 23.0 Å². The van der Waals surface area contributed by atoms with E-state index in [9.17, 15) is 14.0 Å². The summed E-state index contributed by atoms with van der Waals surface area (Å²) in [5.74, 6) is 0.266. The number of hydrogen-bond donors (Lipinski definition) is 0. The number of fused-ring (bicyclic) bond motifs is 1. The third kappa shape index (κ3) is 4.49. The van der Waals surface area contributed by atoms with Gasteiger partial charge in [0.25, 0.3) is 5.91 Å². The number of ether oxygens (including phenoxy) is 1. The van der Waals surface area contributed by atoms with Crippen LogP contribution in [0.2, 0.25) is 0 Å². The number of carbonyl (C=O) groups excluding carboxylic acids is 2. The molecule has 2 aromatic heterocycles. The van der Waals surface area contributed by atoms with Crippen molar-refractivity contribution in [1.29, 1.82) is 0 Å². The highest BCUT2D eigenvalue weighted by atomic mass is 19.1. The second kappa shape index (κ2) is 9.73. The van der Waals surface area contributed by atoms with Crippen molar-refractivity contribution in [3.63, 3.8) is 0 Å². The minimum atomic E-state index is -0.308. The van der Waals surface area contributed by atoms with Crippen LogP contribution in [0.25, 0.3) is 27.7 Å². The summed E-state index contributed by atoms with van der Waals surface area (Å²) in [6, 6.07) is 13.2. The Balaban J connectivity index is 1.36. The van der Waals surface area contributed by atoms with E-state index in [1.54, 1.807) is 59.6 Å². The fourth-order valence-corrected chi connectivity index (χ4v) is 4.43. The Kier molecular flexibility index (Phi) is 6.33. The predicted molar refractivity (Wildman–Crippen MR) is 133 cm³/mol.